The van der Waals surface area contributed by atoms with Crippen LogP contribution in [0, 0.1) is 23.2 Å². The van der Waals surface area contributed by atoms with Crippen LogP contribution in [-0.2, 0) is 5.92 Å². The summed E-state index contributed by atoms with van der Waals surface area (Å²) in [6.45, 7) is 0. The molecule has 3 fully saturated rings. The number of nitrogens with zero attached hydrogens (tertiary/aromatic N) is 1. The van der Waals surface area contributed by atoms with Gasteiger partial charge in [0.2, 0.25) is 0 Å². The van der Waals surface area contributed by atoms with Crippen molar-refractivity contribution in [1.82, 2.24) is 9.97 Å². The van der Waals surface area contributed by atoms with Crippen LogP contribution < -0.4 is 10.3 Å². The molecule has 1 N–H and O–H groups in total. The first-order valence-electron chi connectivity index (χ1n) is 10.4. The van der Waals surface area contributed by atoms with Gasteiger partial charge in [0.05, 0.1) is 18.1 Å². The van der Waals surface area contributed by atoms with E-state index in [-0.39, 0.29) is 0 Å². The first-order valence-corrected chi connectivity index (χ1v) is 10.4. The lowest BCUT2D eigenvalue weighted by Gasteiger charge is -2.26. The van der Waals surface area contributed by atoms with Gasteiger partial charge in [-0.15, -0.1) is 0 Å². The summed E-state index contributed by atoms with van der Waals surface area (Å²) in [5.41, 5.74) is -1.75. The number of alkyl halides is 2. The molecule has 28 heavy (non-hydrogen) atoms. The Kier molecular flexibility index (Phi) is 4.04. The van der Waals surface area contributed by atoms with E-state index in [2.05, 4.69) is 9.97 Å². The third-order valence-corrected chi connectivity index (χ3v) is 7.44. The van der Waals surface area contributed by atoms with Gasteiger partial charge in [-0.05, 0) is 68.4 Å². The van der Waals surface area contributed by atoms with Gasteiger partial charge in [0.25, 0.3) is 5.56 Å². The third kappa shape index (κ3) is 2.83. The highest BCUT2D eigenvalue weighted by atomic mass is 19.3. The lowest BCUT2D eigenvalue weighted by Crippen LogP contribution is -2.35. The molecule has 3 aliphatic rings. The number of aromatic amines is 1. The Morgan fingerprint density at radius 1 is 1.32 bits per heavy atom. The smallest absolute Gasteiger partial charge is 0.300 e. The molecule has 0 radical (unpaired) electrons. The SMILES string of the molecule is COc1ccc2nc(C(F)(F)C3(CCC[C@H]4CCC5CC54)CC3)c(=O)[nH]c2c1. The highest BCUT2D eigenvalue weighted by Gasteiger charge is 2.63. The van der Waals surface area contributed by atoms with E-state index in [1.165, 1.54) is 26.4 Å². The van der Waals surface area contributed by atoms with Crippen molar-refractivity contribution in [3.8, 4) is 5.75 Å². The molecule has 6 heteroatoms. The summed E-state index contributed by atoms with van der Waals surface area (Å²) < 4.78 is 35.9. The molecule has 1 heterocycles. The molecular weight excluding hydrogens is 362 g/mol. The van der Waals surface area contributed by atoms with Gasteiger partial charge >= 0.3 is 5.92 Å². The van der Waals surface area contributed by atoms with Gasteiger partial charge in [-0.1, -0.05) is 12.8 Å². The van der Waals surface area contributed by atoms with Crippen molar-refractivity contribution in [2.45, 2.75) is 57.3 Å². The molecule has 5 rings (SSSR count). The van der Waals surface area contributed by atoms with E-state index in [1.54, 1.807) is 18.2 Å². The maximum Gasteiger partial charge on any atom is 0.300 e. The average molecular weight is 388 g/mol. The number of benzene rings is 1. The summed E-state index contributed by atoms with van der Waals surface area (Å²) in [7, 11) is 1.51. The lowest BCUT2D eigenvalue weighted by molar-refractivity contribution is -0.0893. The van der Waals surface area contributed by atoms with Gasteiger partial charge in [-0.2, -0.15) is 8.78 Å². The zero-order chi connectivity index (χ0) is 19.5. The minimum absolute atomic E-state index is 0.358. The topological polar surface area (TPSA) is 55.0 Å². The van der Waals surface area contributed by atoms with Crippen LogP contribution in [-0.4, -0.2) is 17.1 Å². The van der Waals surface area contributed by atoms with Crippen LogP contribution in [0.5, 0.6) is 5.75 Å². The van der Waals surface area contributed by atoms with Crippen molar-refractivity contribution in [3.05, 3.63) is 34.2 Å². The summed E-state index contributed by atoms with van der Waals surface area (Å²) >= 11 is 0. The number of H-pyrrole nitrogens is 1. The number of rotatable bonds is 7. The summed E-state index contributed by atoms with van der Waals surface area (Å²) in [5.74, 6) is -0.107. The minimum Gasteiger partial charge on any atom is -0.497 e. The van der Waals surface area contributed by atoms with Crippen molar-refractivity contribution >= 4 is 11.0 Å². The molecule has 0 spiro atoms. The largest absolute Gasteiger partial charge is 0.497 e. The zero-order valence-corrected chi connectivity index (χ0v) is 16.1. The summed E-state index contributed by atoms with van der Waals surface area (Å²) in [5, 5.41) is 0. The molecule has 2 aromatic rings. The van der Waals surface area contributed by atoms with Crippen molar-refractivity contribution in [3.63, 3.8) is 0 Å². The Morgan fingerprint density at radius 3 is 2.79 bits per heavy atom. The Bertz CT molecular complexity index is 967. The summed E-state index contributed by atoms with van der Waals surface area (Å²) in [4.78, 5) is 19.1. The van der Waals surface area contributed by atoms with Gasteiger partial charge in [-0.25, -0.2) is 4.98 Å². The number of hydrogen-bond donors (Lipinski definition) is 1. The van der Waals surface area contributed by atoms with Gasteiger partial charge in [0.15, 0.2) is 5.69 Å². The lowest BCUT2D eigenvalue weighted by atomic mass is 9.86. The Labute approximate surface area is 162 Å². The number of methoxy groups -OCH3 is 1. The van der Waals surface area contributed by atoms with Crippen molar-refractivity contribution < 1.29 is 13.5 Å². The van der Waals surface area contributed by atoms with E-state index in [0.29, 0.717) is 36.0 Å². The fraction of sp³-hybridized carbons (Fsp3) is 0.636. The Balaban J connectivity index is 1.36. The second-order valence-corrected chi connectivity index (χ2v) is 9.04. The van der Waals surface area contributed by atoms with E-state index >= 15 is 8.78 Å². The van der Waals surface area contributed by atoms with Crippen LogP contribution in [0.25, 0.3) is 11.0 Å². The van der Waals surface area contributed by atoms with E-state index in [0.717, 1.165) is 30.6 Å². The Morgan fingerprint density at radius 2 is 2.14 bits per heavy atom. The molecule has 150 valence electrons. The van der Waals surface area contributed by atoms with Gasteiger partial charge in [-0.3, -0.25) is 4.79 Å². The monoisotopic (exact) mass is 388 g/mol. The molecule has 0 bridgehead atoms. The summed E-state index contributed by atoms with van der Waals surface area (Å²) in [6.07, 6.45) is 7.26. The highest BCUT2D eigenvalue weighted by molar-refractivity contribution is 5.75. The van der Waals surface area contributed by atoms with Crippen molar-refractivity contribution in [2.24, 2.45) is 23.2 Å². The number of fused-ring (bicyclic) bond motifs is 2. The predicted octanol–water partition coefficient (Wildman–Crippen LogP) is 5.02. The van der Waals surface area contributed by atoms with Crippen LogP contribution in [0.4, 0.5) is 8.78 Å². The molecule has 3 saturated carbocycles. The second kappa shape index (κ2) is 6.26. The normalized spacial score (nSPS) is 27.6. The van der Waals surface area contributed by atoms with Gasteiger partial charge in [0.1, 0.15) is 5.75 Å². The van der Waals surface area contributed by atoms with E-state index < -0.39 is 22.6 Å². The maximum absolute atomic E-state index is 15.4. The quantitative estimate of drug-likeness (QED) is 0.725. The van der Waals surface area contributed by atoms with Gasteiger partial charge < -0.3 is 9.72 Å². The molecule has 1 aromatic heterocycles. The van der Waals surface area contributed by atoms with Crippen LogP contribution in [0.1, 0.15) is 57.1 Å². The predicted molar refractivity (Wildman–Crippen MR) is 103 cm³/mol. The standard InChI is InChI=1S/C22H26F2N2O2/c1-28-15-6-7-17-18(12-15)26-20(27)19(25-17)22(23,24)21(9-10-21)8-2-3-13-4-5-14-11-16(13)14/h6-7,12-14,16H,2-5,8-11H2,1H3,(H,26,27)/t13-,14?,16?/m0/s1. The number of nitrogens with one attached hydrogen (secondary N) is 1. The number of aromatic nitrogens is 2. The van der Waals surface area contributed by atoms with Crippen molar-refractivity contribution in [2.75, 3.05) is 7.11 Å². The molecule has 3 aliphatic carbocycles. The average Bonchev–Trinajstić information content (AvgIpc) is 3.59. The van der Waals surface area contributed by atoms with Crippen LogP contribution in [0.3, 0.4) is 0 Å². The van der Waals surface area contributed by atoms with E-state index in [9.17, 15) is 4.79 Å². The van der Waals surface area contributed by atoms with Crippen LogP contribution >= 0.6 is 0 Å². The number of hydrogen-bond acceptors (Lipinski definition) is 3. The molecule has 0 amide bonds. The van der Waals surface area contributed by atoms with Crippen molar-refractivity contribution in [1.29, 1.82) is 0 Å². The molecule has 4 nitrogen and oxygen atoms in total. The fourth-order valence-corrected chi connectivity index (χ4v) is 5.41. The van der Waals surface area contributed by atoms with Crippen LogP contribution in [0.15, 0.2) is 23.0 Å². The maximum atomic E-state index is 15.4. The molecule has 0 saturated heterocycles. The second-order valence-electron chi connectivity index (χ2n) is 9.04. The molecule has 2 unspecified atom stereocenters. The minimum atomic E-state index is -3.20. The van der Waals surface area contributed by atoms with Crippen LogP contribution in [0.2, 0.25) is 0 Å². The first kappa shape index (κ1) is 18.1. The number of ether oxygens (including phenoxy) is 1. The molecule has 3 atom stereocenters. The number of halogens is 2. The third-order valence-electron chi connectivity index (χ3n) is 7.44. The first-order chi connectivity index (χ1) is 13.4. The van der Waals surface area contributed by atoms with Gasteiger partial charge in [0, 0.05) is 11.5 Å². The molecular formula is C22H26F2N2O2. The molecule has 0 aliphatic heterocycles. The van der Waals surface area contributed by atoms with E-state index in [4.69, 9.17) is 4.74 Å². The fourth-order valence-electron chi connectivity index (χ4n) is 5.41. The molecule has 1 aromatic carbocycles. The van der Waals surface area contributed by atoms with E-state index in [1.807, 2.05) is 0 Å². The Hall–Kier alpha value is -1.98. The zero-order valence-electron chi connectivity index (χ0n) is 16.1. The summed E-state index contributed by atoms with van der Waals surface area (Å²) in [6, 6.07) is 4.87. The highest BCUT2D eigenvalue weighted by Crippen LogP contribution is 2.64.